The van der Waals surface area contributed by atoms with Crippen molar-refractivity contribution < 1.29 is 9.90 Å². The molecule has 0 saturated carbocycles. The van der Waals surface area contributed by atoms with Crippen LogP contribution in [0.5, 0.6) is 0 Å². The summed E-state index contributed by atoms with van der Waals surface area (Å²) in [5.74, 6) is 1.75. The quantitative estimate of drug-likeness (QED) is 0.752. The first kappa shape index (κ1) is 11.4. The average Bonchev–Trinajstić information content (AvgIpc) is 2.42. The number of aromatic carboxylic acids is 1. The fourth-order valence-corrected chi connectivity index (χ4v) is 1.90. The number of carbonyl (C=O) groups is 1. The van der Waals surface area contributed by atoms with Gasteiger partial charge in [0.25, 0.3) is 0 Å². The highest BCUT2D eigenvalue weighted by atomic mass is 16.4. The average molecular weight is 205 g/mol. The van der Waals surface area contributed by atoms with Crippen molar-refractivity contribution in [3.05, 3.63) is 23.0 Å². The molecular weight excluding hydrogens is 190 g/mol. The van der Waals surface area contributed by atoms with Gasteiger partial charge in [-0.15, -0.1) is 6.42 Å². The molecule has 1 N–H and O–H groups in total. The maximum atomic E-state index is 10.9. The van der Waals surface area contributed by atoms with Gasteiger partial charge in [-0.2, -0.15) is 0 Å². The smallest absolute Gasteiger partial charge is 0.337 e. The van der Waals surface area contributed by atoms with Gasteiger partial charge in [-0.3, -0.25) is 0 Å². The minimum Gasteiger partial charge on any atom is -0.478 e. The van der Waals surface area contributed by atoms with E-state index in [-0.39, 0.29) is 0 Å². The molecule has 0 amide bonds. The summed E-state index contributed by atoms with van der Waals surface area (Å²) in [6, 6.07) is 1.65. The lowest BCUT2D eigenvalue weighted by atomic mass is 10.1. The second kappa shape index (κ2) is 3.47. The van der Waals surface area contributed by atoms with Crippen molar-refractivity contribution in [2.75, 3.05) is 0 Å². The van der Waals surface area contributed by atoms with E-state index in [1.165, 1.54) is 0 Å². The SMILES string of the molecule is C#CC(C)(C)n1c(C)cc(C(=O)O)c1C. The van der Waals surface area contributed by atoms with Gasteiger partial charge in [-0.1, -0.05) is 5.92 Å². The Labute approximate surface area is 89.7 Å². The number of nitrogens with zero attached hydrogens (tertiary/aromatic N) is 1. The zero-order valence-electron chi connectivity index (χ0n) is 9.46. The summed E-state index contributed by atoms with van der Waals surface area (Å²) in [4.78, 5) is 10.9. The Bertz CT molecular complexity index is 447. The molecule has 0 bridgehead atoms. The fourth-order valence-electron chi connectivity index (χ4n) is 1.90. The standard InChI is InChI=1S/C12H15NO2/c1-6-12(4,5)13-8(2)7-10(9(13)3)11(14)15/h1,7H,2-5H3,(H,14,15). The van der Waals surface area contributed by atoms with E-state index in [1.807, 2.05) is 25.3 Å². The zero-order chi connectivity index (χ0) is 11.8. The van der Waals surface area contributed by atoms with Gasteiger partial charge in [0.05, 0.1) is 11.1 Å². The Morgan fingerprint density at radius 2 is 2.07 bits per heavy atom. The predicted molar refractivity (Wildman–Crippen MR) is 59.0 cm³/mol. The van der Waals surface area contributed by atoms with Crippen LogP contribution in [0.25, 0.3) is 0 Å². The third-order valence-electron chi connectivity index (χ3n) is 2.57. The molecule has 0 aromatic carbocycles. The van der Waals surface area contributed by atoms with Gasteiger partial charge in [0.1, 0.15) is 0 Å². The molecule has 0 aliphatic heterocycles. The number of carboxylic acids is 1. The molecule has 1 aromatic rings. The van der Waals surface area contributed by atoms with Crippen LogP contribution < -0.4 is 0 Å². The molecule has 0 saturated heterocycles. The first-order chi connectivity index (χ1) is 6.81. The largest absolute Gasteiger partial charge is 0.478 e. The molecule has 0 spiro atoms. The van der Waals surface area contributed by atoms with Crippen molar-refractivity contribution in [3.8, 4) is 12.3 Å². The van der Waals surface area contributed by atoms with E-state index in [9.17, 15) is 4.79 Å². The summed E-state index contributed by atoms with van der Waals surface area (Å²) in [5.41, 5.74) is 1.38. The van der Waals surface area contributed by atoms with E-state index in [4.69, 9.17) is 11.5 Å². The topological polar surface area (TPSA) is 42.2 Å². The van der Waals surface area contributed by atoms with Crippen molar-refractivity contribution in [2.45, 2.75) is 33.2 Å². The van der Waals surface area contributed by atoms with Gasteiger partial charge in [0.2, 0.25) is 0 Å². The molecule has 0 fully saturated rings. The monoisotopic (exact) mass is 205 g/mol. The van der Waals surface area contributed by atoms with Crippen molar-refractivity contribution in [1.29, 1.82) is 0 Å². The molecular formula is C12H15NO2. The number of rotatable bonds is 2. The van der Waals surface area contributed by atoms with E-state index in [0.29, 0.717) is 11.3 Å². The van der Waals surface area contributed by atoms with E-state index in [2.05, 4.69) is 5.92 Å². The summed E-state index contributed by atoms with van der Waals surface area (Å²) in [6.07, 6.45) is 5.44. The summed E-state index contributed by atoms with van der Waals surface area (Å²) in [6.45, 7) is 7.41. The van der Waals surface area contributed by atoms with Crippen LogP contribution in [0.4, 0.5) is 0 Å². The van der Waals surface area contributed by atoms with Gasteiger partial charge in [-0.05, 0) is 33.8 Å². The Balaban J connectivity index is 3.46. The summed E-state index contributed by atoms with van der Waals surface area (Å²) < 4.78 is 1.87. The molecule has 1 aromatic heterocycles. The predicted octanol–water partition coefficient (Wildman–Crippen LogP) is 2.17. The van der Waals surface area contributed by atoms with E-state index < -0.39 is 11.5 Å². The molecule has 3 nitrogen and oxygen atoms in total. The fraction of sp³-hybridized carbons (Fsp3) is 0.417. The van der Waals surface area contributed by atoms with Gasteiger partial charge >= 0.3 is 5.97 Å². The molecule has 1 heterocycles. The van der Waals surface area contributed by atoms with Crippen molar-refractivity contribution in [3.63, 3.8) is 0 Å². The van der Waals surface area contributed by atoms with E-state index >= 15 is 0 Å². The van der Waals surface area contributed by atoms with Gasteiger partial charge in [-0.25, -0.2) is 4.79 Å². The van der Waals surface area contributed by atoms with Crippen LogP contribution in [0.15, 0.2) is 6.07 Å². The van der Waals surface area contributed by atoms with Gasteiger partial charge in [0.15, 0.2) is 0 Å². The number of terminal acetylenes is 1. The highest BCUT2D eigenvalue weighted by Crippen LogP contribution is 2.24. The van der Waals surface area contributed by atoms with Gasteiger partial charge < -0.3 is 9.67 Å². The van der Waals surface area contributed by atoms with Crippen LogP contribution in [-0.2, 0) is 5.54 Å². The number of hydrogen-bond acceptors (Lipinski definition) is 1. The van der Waals surface area contributed by atoms with Crippen molar-refractivity contribution >= 4 is 5.97 Å². The Hall–Kier alpha value is -1.69. The summed E-state index contributed by atoms with van der Waals surface area (Å²) in [5, 5.41) is 8.98. The highest BCUT2D eigenvalue weighted by molar-refractivity contribution is 5.89. The van der Waals surface area contributed by atoms with Crippen LogP contribution in [0, 0.1) is 26.2 Å². The van der Waals surface area contributed by atoms with Crippen LogP contribution in [0.1, 0.15) is 35.6 Å². The van der Waals surface area contributed by atoms with E-state index in [1.54, 1.807) is 13.0 Å². The molecule has 0 atom stereocenters. The molecule has 0 unspecified atom stereocenters. The number of aryl methyl sites for hydroxylation is 1. The molecule has 3 heteroatoms. The van der Waals surface area contributed by atoms with Gasteiger partial charge in [0, 0.05) is 11.4 Å². The van der Waals surface area contributed by atoms with Crippen molar-refractivity contribution in [2.24, 2.45) is 0 Å². The Kier molecular flexibility index (Phi) is 2.63. The first-order valence-corrected chi connectivity index (χ1v) is 4.71. The minimum atomic E-state index is -0.915. The van der Waals surface area contributed by atoms with Crippen molar-refractivity contribution in [1.82, 2.24) is 4.57 Å². The number of carboxylic acid groups (broad SMARTS) is 1. The summed E-state index contributed by atoms with van der Waals surface area (Å²) >= 11 is 0. The van der Waals surface area contributed by atoms with Crippen LogP contribution in [-0.4, -0.2) is 15.6 Å². The second-order valence-corrected chi connectivity index (χ2v) is 4.13. The third kappa shape index (κ3) is 1.75. The second-order valence-electron chi connectivity index (χ2n) is 4.13. The van der Waals surface area contributed by atoms with Crippen LogP contribution >= 0.6 is 0 Å². The third-order valence-corrected chi connectivity index (χ3v) is 2.57. The molecule has 1 rings (SSSR count). The first-order valence-electron chi connectivity index (χ1n) is 4.71. The Morgan fingerprint density at radius 3 is 2.40 bits per heavy atom. The number of hydrogen-bond donors (Lipinski definition) is 1. The Morgan fingerprint density at radius 1 is 1.53 bits per heavy atom. The zero-order valence-corrected chi connectivity index (χ0v) is 9.46. The van der Waals surface area contributed by atoms with Crippen LogP contribution in [0.3, 0.4) is 0 Å². The lowest BCUT2D eigenvalue weighted by Crippen LogP contribution is -2.26. The maximum Gasteiger partial charge on any atom is 0.337 e. The molecule has 15 heavy (non-hydrogen) atoms. The normalized spacial score (nSPS) is 11.1. The lowest BCUT2D eigenvalue weighted by molar-refractivity contribution is 0.0696. The number of aromatic nitrogens is 1. The molecule has 80 valence electrons. The molecule has 0 radical (unpaired) electrons. The minimum absolute atomic E-state index is 0.316. The van der Waals surface area contributed by atoms with Crippen LogP contribution in [0.2, 0.25) is 0 Å². The van der Waals surface area contributed by atoms with E-state index in [0.717, 1.165) is 5.69 Å². The maximum absolute atomic E-state index is 10.9. The lowest BCUT2D eigenvalue weighted by Gasteiger charge is -2.24. The summed E-state index contributed by atoms with van der Waals surface area (Å²) in [7, 11) is 0. The highest BCUT2D eigenvalue weighted by Gasteiger charge is 2.24. The molecule has 0 aliphatic rings. The molecule has 0 aliphatic carbocycles.